The van der Waals surface area contributed by atoms with Crippen molar-refractivity contribution in [3.05, 3.63) is 53.0 Å². The van der Waals surface area contributed by atoms with Crippen molar-refractivity contribution >= 4 is 11.9 Å². The van der Waals surface area contributed by atoms with Gasteiger partial charge in [0.1, 0.15) is 24.5 Å². The summed E-state index contributed by atoms with van der Waals surface area (Å²) in [4.78, 5) is 23.2. The molecule has 2 rings (SSSR count). The highest BCUT2D eigenvalue weighted by atomic mass is 19.4. The summed E-state index contributed by atoms with van der Waals surface area (Å²) in [6.45, 7) is 2.94. The second-order valence-corrected chi connectivity index (χ2v) is 5.97. The van der Waals surface area contributed by atoms with Crippen LogP contribution in [0.15, 0.2) is 34.9 Å². The fraction of sp³-hybridized carbons (Fsp3) is 0.333. The topological polar surface area (TPSA) is 88.8 Å². The first-order valence-corrected chi connectivity index (χ1v) is 7.98. The molecule has 0 spiro atoms. The standard InChI is InChI=1S/C18H18F3NO5/c1-10-8-26-14(7-15(23)24)16(10)17(25)22-11(2)9-27-13-6-4-3-5-12(13)18(19,20)21/h3-6,8,11H,7,9H2,1-2H3,(H,22,25)(H,23,24). The Morgan fingerprint density at radius 2 is 1.96 bits per heavy atom. The van der Waals surface area contributed by atoms with Gasteiger partial charge in [-0.05, 0) is 26.0 Å². The Morgan fingerprint density at radius 1 is 1.30 bits per heavy atom. The molecule has 0 aliphatic carbocycles. The largest absolute Gasteiger partial charge is 0.491 e. The Bertz CT molecular complexity index is 829. The highest BCUT2D eigenvalue weighted by Gasteiger charge is 2.34. The first-order valence-electron chi connectivity index (χ1n) is 7.98. The monoisotopic (exact) mass is 385 g/mol. The van der Waals surface area contributed by atoms with Crippen molar-refractivity contribution in [1.29, 1.82) is 0 Å². The van der Waals surface area contributed by atoms with Crippen molar-refractivity contribution in [3.8, 4) is 5.75 Å². The van der Waals surface area contributed by atoms with Gasteiger partial charge in [-0.2, -0.15) is 13.2 Å². The number of aliphatic carboxylic acids is 1. The summed E-state index contributed by atoms with van der Waals surface area (Å²) >= 11 is 0. The third-order valence-electron chi connectivity index (χ3n) is 3.65. The number of carbonyl (C=O) groups excluding carboxylic acids is 1. The Hall–Kier alpha value is -2.97. The second-order valence-electron chi connectivity index (χ2n) is 5.97. The van der Waals surface area contributed by atoms with Crippen LogP contribution >= 0.6 is 0 Å². The van der Waals surface area contributed by atoms with Gasteiger partial charge in [0.2, 0.25) is 0 Å². The molecule has 146 valence electrons. The minimum atomic E-state index is -4.55. The van der Waals surface area contributed by atoms with Crippen LogP contribution in [0.25, 0.3) is 0 Å². The number of carbonyl (C=O) groups is 2. The van der Waals surface area contributed by atoms with E-state index in [2.05, 4.69) is 5.32 Å². The first kappa shape index (κ1) is 20.3. The molecule has 2 N–H and O–H groups in total. The zero-order chi connectivity index (χ0) is 20.2. The van der Waals surface area contributed by atoms with Crippen molar-refractivity contribution in [1.82, 2.24) is 5.32 Å². The number of furan rings is 1. The lowest BCUT2D eigenvalue weighted by Gasteiger charge is -2.18. The van der Waals surface area contributed by atoms with Crippen LogP contribution in [-0.2, 0) is 17.4 Å². The molecule has 27 heavy (non-hydrogen) atoms. The SMILES string of the molecule is Cc1coc(CC(=O)O)c1C(=O)NC(C)COc1ccccc1C(F)(F)F. The van der Waals surface area contributed by atoms with E-state index in [0.717, 1.165) is 6.07 Å². The first-order chi connectivity index (χ1) is 12.6. The Balaban J connectivity index is 2.03. The van der Waals surface area contributed by atoms with E-state index in [1.54, 1.807) is 13.8 Å². The number of para-hydroxylation sites is 1. The Kier molecular flexibility index (Phi) is 6.14. The third kappa shape index (κ3) is 5.25. The molecule has 0 aliphatic rings. The van der Waals surface area contributed by atoms with Crippen LogP contribution in [0.5, 0.6) is 5.75 Å². The molecule has 9 heteroatoms. The maximum Gasteiger partial charge on any atom is 0.419 e. The minimum Gasteiger partial charge on any atom is -0.491 e. The van der Waals surface area contributed by atoms with Gasteiger partial charge in [0.05, 0.1) is 23.4 Å². The average molecular weight is 385 g/mol. The number of aryl methyl sites for hydroxylation is 1. The van der Waals surface area contributed by atoms with Crippen LogP contribution in [0.1, 0.15) is 34.2 Å². The summed E-state index contributed by atoms with van der Waals surface area (Å²) in [6, 6.07) is 4.15. The van der Waals surface area contributed by atoms with Gasteiger partial charge >= 0.3 is 12.1 Å². The van der Waals surface area contributed by atoms with Crippen molar-refractivity contribution in [2.75, 3.05) is 6.61 Å². The predicted octanol–water partition coefficient (Wildman–Crippen LogP) is 3.43. The Morgan fingerprint density at radius 3 is 2.59 bits per heavy atom. The van der Waals surface area contributed by atoms with Gasteiger partial charge in [-0.15, -0.1) is 0 Å². The number of carboxylic acids is 1. The van der Waals surface area contributed by atoms with Crippen molar-refractivity contribution in [2.24, 2.45) is 0 Å². The molecular formula is C18H18F3NO5. The van der Waals surface area contributed by atoms with Gasteiger partial charge in [-0.1, -0.05) is 12.1 Å². The van der Waals surface area contributed by atoms with E-state index in [1.807, 2.05) is 0 Å². The Labute approximate surface area is 152 Å². The number of nitrogens with one attached hydrogen (secondary N) is 1. The average Bonchev–Trinajstić information content (AvgIpc) is 2.92. The van der Waals surface area contributed by atoms with Gasteiger partial charge in [-0.3, -0.25) is 9.59 Å². The lowest BCUT2D eigenvalue weighted by Crippen LogP contribution is -2.37. The molecule has 6 nitrogen and oxygen atoms in total. The lowest BCUT2D eigenvalue weighted by molar-refractivity contribution is -0.139. The van der Waals surface area contributed by atoms with E-state index >= 15 is 0 Å². The summed E-state index contributed by atoms with van der Waals surface area (Å²) in [5.74, 6) is -2.07. The maximum absolute atomic E-state index is 13.0. The predicted molar refractivity (Wildman–Crippen MR) is 88.7 cm³/mol. The number of benzene rings is 1. The zero-order valence-corrected chi connectivity index (χ0v) is 14.6. The molecule has 0 bridgehead atoms. The fourth-order valence-corrected chi connectivity index (χ4v) is 2.45. The number of rotatable bonds is 7. The molecule has 1 aromatic carbocycles. The molecule has 1 atom stereocenters. The van der Waals surface area contributed by atoms with E-state index in [1.165, 1.54) is 24.5 Å². The van der Waals surface area contributed by atoms with E-state index in [-0.39, 0.29) is 23.7 Å². The summed E-state index contributed by atoms with van der Waals surface area (Å²) in [5.41, 5.74) is -0.350. The van der Waals surface area contributed by atoms with Gasteiger partial charge in [0, 0.05) is 5.56 Å². The van der Waals surface area contributed by atoms with Crippen molar-refractivity contribution in [3.63, 3.8) is 0 Å². The van der Waals surface area contributed by atoms with E-state index < -0.39 is 36.1 Å². The van der Waals surface area contributed by atoms with Crippen LogP contribution in [0.3, 0.4) is 0 Å². The molecule has 2 aromatic rings. The minimum absolute atomic E-state index is 0.00744. The van der Waals surface area contributed by atoms with Crippen molar-refractivity contribution in [2.45, 2.75) is 32.5 Å². The van der Waals surface area contributed by atoms with Gasteiger partial charge in [-0.25, -0.2) is 0 Å². The number of halogens is 3. The molecule has 0 saturated heterocycles. The van der Waals surface area contributed by atoms with E-state index in [4.69, 9.17) is 14.3 Å². The summed E-state index contributed by atoms with van der Waals surface area (Å²) < 4.78 is 49.2. The highest BCUT2D eigenvalue weighted by Crippen LogP contribution is 2.35. The normalized spacial score (nSPS) is 12.5. The van der Waals surface area contributed by atoms with Crippen LogP contribution in [0.2, 0.25) is 0 Å². The van der Waals surface area contributed by atoms with E-state index in [9.17, 15) is 22.8 Å². The number of ether oxygens (including phenoxy) is 1. The number of hydrogen-bond donors (Lipinski definition) is 2. The molecule has 0 aliphatic heterocycles. The summed E-state index contributed by atoms with van der Waals surface area (Å²) in [5, 5.41) is 11.4. The molecule has 1 unspecified atom stereocenters. The lowest BCUT2D eigenvalue weighted by atomic mass is 10.1. The molecule has 0 radical (unpaired) electrons. The molecule has 1 heterocycles. The molecular weight excluding hydrogens is 367 g/mol. The third-order valence-corrected chi connectivity index (χ3v) is 3.65. The van der Waals surface area contributed by atoms with Crippen LogP contribution in [0.4, 0.5) is 13.2 Å². The fourth-order valence-electron chi connectivity index (χ4n) is 2.45. The number of alkyl halides is 3. The van der Waals surface area contributed by atoms with Crippen molar-refractivity contribution < 1.29 is 37.0 Å². The van der Waals surface area contributed by atoms with Crippen LogP contribution < -0.4 is 10.1 Å². The zero-order valence-electron chi connectivity index (χ0n) is 14.6. The summed E-state index contributed by atoms with van der Waals surface area (Å²) in [6.07, 6.45) is -3.74. The number of carboxylic acid groups (broad SMARTS) is 1. The molecule has 1 aromatic heterocycles. The van der Waals surface area contributed by atoms with Gasteiger partial charge < -0.3 is 19.6 Å². The number of hydrogen-bond acceptors (Lipinski definition) is 4. The van der Waals surface area contributed by atoms with E-state index in [0.29, 0.717) is 5.56 Å². The molecule has 1 amide bonds. The maximum atomic E-state index is 13.0. The highest BCUT2D eigenvalue weighted by molar-refractivity contribution is 5.97. The van der Waals surface area contributed by atoms with Gasteiger partial charge in [0.15, 0.2) is 0 Å². The quantitative estimate of drug-likeness (QED) is 0.762. The van der Waals surface area contributed by atoms with Crippen LogP contribution in [0, 0.1) is 6.92 Å². The molecule has 0 saturated carbocycles. The molecule has 0 fully saturated rings. The second kappa shape index (κ2) is 8.15. The number of amides is 1. The smallest absolute Gasteiger partial charge is 0.419 e. The van der Waals surface area contributed by atoms with Crippen LogP contribution in [-0.4, -0.2) is 29.6 Å². The van der Waals surface area contributed by atoms with Gasteiger partial charge in [0.25, 0.3) is 5.91 Å². The summed E-state index contributed by atoms with van der Waals surface area (Å²) in [7, 11) is 0.